The lowest BCUT2D eigenvalue weighted by molar-refractivity contribution is -0.143. The number of nitrogens with zero attached hydrogens (tertiary/aromatic N) is 3. The van der Waals surface area contributed by atoms with Crippen LogP contribution in [-0.4, -0.2) is 86.0 Å². The van der Waals surface area contributed by atoms with Crippen molar-refractivity contribution < 1.29 is 14.3 Å². The van der Waals surface area contributed by atoms with E-state index < -0.39 is 0 Å². The molecular formula is C18H31N3O3. The first-order chi connectivity index (χ1) is 11.6. The zero-order valence-electron chi connectivity index (χ0n) is 15.0. The molecule has 0 aromatic heterocycles. The number of carbonyl (C=O) groups is 2. The summed E-state index contributed by atoms with van der Waals surface area (Å²) in [4.78, 5) is 31.7. The first-order valence-electron chi connectivity index (χ1n) is 9.43. The molecule has 0 radical (unpaired) electrons. The molecule has 3 fully saturated rings. The molecule has 6 heteroatoms. The van der Waals surface area contributed by atoms with Crippen LogP contribution in [0.25, 0.3) is 0 Å². The summed E-state index contributed by atoms with van der Waals surface area (Å²) < 4.78 is 5.01. The Labute approximate surface area is 145 Å². The van der Waals surface area contributed by atoms with Gasteiger partial charge in [-0.1, -0.05) is 0 Å². The number of likely N-dealkylation sites (tertiary alicyclic amines) is 3. The summed E-state index contributed by atoms with van der Waals surface area (Å²) in [5.74, 6) is 0.408. The average Bonchev–Trinajstić information content (AvgIpc) is 3.21. The summed E-state index contributed by atoms with van der Waals surface area (Å²) >= 11 is 0. The molecule has 3 heterocycles. The topological polar surface area (TPSA) is 53.1 Å². The third kappa shape index (κ3) is 3.75. The Morgan fingerprint density at radius 2 is 1.88 bits per heavy atom. The fourth-order valence-electron chi connectivity index (χ4n) is 4.45. The normalized spacial score (nSPS) is 28.3. The molecule has 0 aromatic rings. The summed E-state index contributed by atoms with van der Waals surface area (Å²) in [7, 11) is 1.61. The minimum Gasteiger partial charge on any atom is -0.384 e. The SMILES string of the molecule is COCCC(=O)N1CCC[C@@]2(CCN(CCN3CCCC3)C2=O)C1. The standard InChI is InChI=1S/C18H31N3O3/c1-24-14-5-16(22)21-10-4-6-18(15-21)7-11-20(17(18)23)13-12-19-8-2-3-9-19/h2-15H2,1H3/t18-/m1/s1. The monoisotopic (exact) mass is 337 g/mol. The van der Waals surface area contributed by atoms with Gasteiger partial charge in [0, 0.05) is 39.8 Å². The van der Waals surface area contributed by atoms with E-state index in [4.69, 9.17) is 4.74 Å². The number of piperidine rings is 1. The second-order valence-corrected chi connectivity index (χ2v) is 7.53. The van der Waals surface area contributed by atoms with E-state index in [2.05, 4.69) is 4.90 Å². The van der Waals surface area contributed by atoms with Crippen molar-refractivity contribution in [3.8, 4) is 0 Å². The van der Waals surface area contributed by atoms with Crippen LogP contribution in [0.15, 0.2) is 0 Å². The van der Waals surface area contributed by atoms with Crippen molar-refractivity contribution in [3.63, 3.8) is 0 Å². The summed E-state index contributed by atoms with van der Waals surface area (Å²) in [6.07, 6.45) is 5.76. The van der Waals surface area contributed by atoms with Crippen molar-refractivity contribution in [2.45, 2.75) is 38.5 Å². The summed E-state index contributed by atoms with van der Waals surface area (Å²) in [5, 5.41) is 0. The molecule has 2 amide bonds. The quantitative estimate of drug-likeness (QED) is 0.724. The Bertz CT molecular complexity index is 464. The molecule has 3 aliphatic heterocycles. The maximum Gasteiger partial charge on any atom is 0.230 e. The molecule has 0 aromatic carbocycles. The highest BCUT2D eigenvalue weighted by Crippen LogP contribution is 2.40. The van der Waals surface area contributed by atoms with Crippen LogP contribution in [0, 0.1) is 5.41 Å². The van der Waals surface area contributed by atoms with E-state index in [1.165, 1.54) is 25.9 Å². The van der Waals surface area contributed by atoms with Crippen LogP contribution in [-0.2, 0) is 14.3 Å². The van der Waals surface area contributed by atoms with Gasteiger partial charge in [0.25, 0.3) is 0 Å². The highest BCUT2D eigenvalue weighted by atomic mass is 16.5. The fraction of sp³-hybridized carbons (Fsp3) is 0.889. The number of methoxy groups -OCH3 is 1. The van der Waals surface area contributed by atoms with Gasteiger partial charge in [0.05, 0.1) is 18.4 Å². The molecule has 136 valence electrons. The molecule has 3 rings (SSSR count). The minimum atomic E-state index is -0.314. The zero-order chi connectivity index (χ0) is 17.0. The molecule has 3 aliphatic rings. The van der Waals surface area contributed by atoms with Crippen LogP contribution in [0.3, 0.4) is 0 Å². The van der Waals surface area contributed by atoms with Gasteiger partial charge in [0.2, 0.25) is 11.8 Å². The van der Waals surface area contributed by atoms with Gasteiger partial charge in [-0.05, 0) is 45.2 Å². The Morgan fingerprint density at radius 3 is 2.62 bits per heavy atom. The first kappa shape index (κ1) is 17.7. The Balaban J connectivity index is 1.54. The smallest absolute Gasteiger partial charge is 0.230 e. The van der Waals surface area contributed by atoms with E-state index in [9.17, 15) is 9.59 Å². The fourth-order valence-corrected chi connectivity index (χ4v) is 4.45. The molecule has 24 heavy (non-hydrogen) atoms. The molecule has 1 spiro atoms. The number of hydrogen-bond acceptors (Lipinski definition) is 4. The molecular weight excluding hydrogens is 306 g/mol. The van der Waals surface area contributed by atoms with Crippen LogP contribution in [0.1, 0.15) is 38.5 Å². The van der Waals surface area contributed by atoms with Crippen LogP contribution >= 0.6 is 0 Å². The average molecular weight is 337 g/mol. The van der Waals surface area contributed by atoms with E-state index in [1.54, 1.807) is 7.11 Å². The summed E-state index contributed by atoms with van der Waals surface area (Å²) in [5.41, 5.74) is -0.314. The molecule has 0 bridgehead atoms. The van der Waals surface area contributed by atoms with Gasteiger partial charge in [0.15, 0.2) is 0 Å². The maximum absolute atomic E-state index is 13.0. The number of carbonyl (C=O) groups excluding carboxylic acids is 2. The molecule has 3 saturated heterocycles. The second-order valence-electron chi connectivity index (χ2n) is 7.53. The van der Waals surface area contributed by atoms with Gasteiger partial charge in [-0.25, -0.2) is 0 Å². The van der Waals surface area contributed by atoms with E-state index in [0.29, 0.717) is 19.6 Å². The molecule has 6 nitrogen and oxygen atoms in total. The summed E-state index contributed by atoms with van der Waals surface area (Å²) in [6, 6.07) is 0. The lowest BCUT2D eigenvalue weighted by Gasteiger charge is -2.39. The van der Waals surface area contributed by atoms with Crippen molar-refractivity contribution in [2.75, 3.05) is 59.5 Å². The van der Waals surface area contributed by atoms with Crippen molar-refractivity contribution in [3.05, 3.63) is 0 Å². The maximum atomic E-state index is 13.0. The number of ether oxygens (including phenoxy) is 1. The van der Waals surface area contributed by atoms with Crippen LogP contribution in [0.5, 0.6) is 0 Å². The Hall–Kier alpha value is -1.14. The first-order valence-corrected chi connectivity index (χ1v) is 9.43. The van der Waals surface area contributed by atoms with E-state index in [1.807, 2.05) is 9.80 Å². The van der Waals surface area contributed by atoms with Gasteiger partial charge >= 0.3 is 0 Å². The largest absolute Gasteiger partial charge is 0.384 e. The molecule has 0 unspecified atom stereocenters. The number of hydrogen-bond donors (Lipinski definition) is 0. The molecule has 0 aliphatic carbocycles. The van der Waals surface area contributed by atoms with Crippen molar-refractivity contribution in [1.29, 1.82) is 0 Å². The van der Waals surface area contributed by atoms with E-state index >= 15 is 0 Å². The van der Waals surface area contributed by atoms with Crippen molar-refractivity contribution in [1.82, 2.24) is 14.7 Å². The third-order valence-electron chi connectivity index (χ3n) is 5.94. The number of rotatable bonds is 6. The third-order valence-corrected chi connectivity index (χ3v) is 5.94. The van der Waals surface area contributed by atoms with Gasteiger partial charge in [0.1, 0.15) is 0 Å². The predicted molar refractivity (Wildman–Crippen MR) is 91.6 cm³/mol. The second kappa shape index (κ2) is 7.83. The summed E-state index contributed by atoms with van der Waals surface area (Å²) in [6.45, 7) is 6.89. The highest BCUT2D eigenvalue weighted by Gasteiger charge is 2.49. The van der Waals surface area contributed by atoms with Crippen LogP contribution in [0.4, 0.5) is 0 Å². The highest BCUT2D eigenvalue weighted by molar-refractivity contribution is 5.86. The van der Waals surface area contributed by atoms with Gasteiger partial charge in [-0.2, -0.15) is 0 Å². The van der Waals surface area contributed by atoms with Crippen molar-refractivity contribution in [2.24, 2.45) is 5.41 Å². The lowest BCUT2D eigenvalue weighted by atomic mass is 9.78. The minimum absolute atomic E-state index is 0.124. The molecule has 0 N–H and O–H groups in total. The molecule has 1 atom stereocenters. The van der Waals surface area contributed by atoms with Gasteiger partial charge < -0.3 is 19.4 Å². The van der Waals surface area contributed by atoms with E-state index in [0.717, 1.165) is 45.4 Å². The Morgan fingerprint density at radius 1 is 1.08 bits per heavy atom. The van der Waals surface area contributed by atoms with Crippen molar-refractivity contribution >= 4 is 11.8 Å². The van der Waals surface area contributed by atoms with Gasteiger partial charge in [-0.3, -0.25) is 9.59 Å². The lowest BCUT2D eigenvalue weighted by Crippen LogP contribution is -2.50. The van der Waals surface area contributed by atoms with Gasteiger partial charge in [-0.15, -0.1) is 0 Å². The molecule has 0 saturated carbocycles. The number of amides is 2. The van der Waals surface area contributed by atoms with Crippen LogP contribution in [0.2, 0.25) is 0 Å². The Kier molecular flexibility index (Phi) is 5.76. The zero-order valence-corrected chi connectivity index (χ0v) is 15.0. The van der Waals surface area contributed by atoms with Crippen LogP contribution < -0.4 is 0 Å². The van der Waals surface area contributed by atoms with E-state index in [-0.39, 0.29) is 17.2 Å². The predicted octanol–water partition coefficient (Wildman–Crippen LogP) is 0.960.